The predicted molar refractivity (Wildman–Crippen MR) is 109 cm³/mol. The molecule has 3 N–H and O–H groups in total. The lowest BCUT2D eigenvalue weighted by atomic mass is 10.0. The molecule has 2 aliphatic rings. The van der Waals surface area contributed by atoms with E-state index in [2.05, 4.69) is 21.3 Å². The number of hydrogen-bond donors (Lipinski definition) is 3. The molecule has 1 amide bonds. The number of ether oxygens (including phenoxy) is 2. The Morgan fingerprint density at radius 1 is 1.06 bits per heavy atom. The van der Waals surface area contributed by atoms with Crippen molar-refractivity contribution >= 4 is 5.91 Å². The number of benzene rings is 2. The molecule has 5 rings (SSSR count). The summed E-state index contributed by atoms with van der Waals surface area (Å²) in [7, 11) is 0. The molecule has 1 aromatic heterocycles. The van der Waals surface area contributed by atoms with Gasteiger partial charge in [-0.25, -0.2) is 15.2 Å². The first-order valence-corrected chi connectivity index (χ1v) is 10.1. The molecule has 0 saturated carbocycles. The highest BCUT2D eigenvalue weighted by atomic mass is 19.1. The Morgan fingerprint density at radius 3 is 2.71 bits per heavy atom. The summed E-state index contributed by atoms with van der Waals surface area (Å²) in [6.45, 7) is 1.29. The fourth-order valence-electron chi connectivity index (χ4n) is 3.67. The molecule has 1 fully saturated rings. The molecule has 160 valence electrons. The summed E-state index contributed by atoms with van der Waals surface area (Å²) in [6, 6.07) is 13.1. The van der Waals surface area contributed by atoms with Crippen LogP contribution in [-0.4, -0.2) is 30.3 Å². The van der Waals surface area contributed by atoms with Crippen LogP contribution < -0.4 is 25.6 Å². The summed E-state index contributed by atoms with van der Waals surface area (Å²) >= 11 is 0. The maximum Gasteiger partial charge on any atom is 0.238 e. The van der Waals surface area contributed by atoms with Crippen LogP contribution >= 0.6 is 0 Å². The van der Waals surface area contributed by atoms with E-state index in [0.29, 0.717) is 42.6 Å². The van der Waals surface area contributed by atoms with Crippen LogP contribution in [0.25, 0.3) is 11.3 Å². The zero-order chi connectivity index (χ0) is 21.2. The molecule has 8 nitrogen and oxygen atoms in total. The largest absolute Gasteiger partial charge is 0.486 e. The lowest BCUT2D eigenvalue weighted by Crippen LogP contribution is -2.42. The van der Waals surface area contributed by atoms with Crippen LogP contribution in [0.5, 0.6) is 11.5 Å². The SMILES string of the molecule is O=C(NCc1cc(-c2ccc3c(c2)OCCO3)on1)C1CC(c2ccc(F)cc2)NN1. The summed E-state index contributed by atoms with van der Waals surface area (Å²) in [5.41, 5.74) is 8.42. The smallest absolute Gasteiger partial charge is 0.238 e. The van der Waals surface area contributed by atoms with Crippen molar-refractivity contribution in [3.8, 4) is 22.8 Å². The van der Waals surface area contributed by atoms with E-state index < -0.39 is 6.04 Å². The second-order valence-corrected chi connectivity index (χ2v) is 7.44. The molecule has 3 heterocycles. The molecule has 9 heteroatoms. The fourth-order valence-corrected chi connectivity index (χ4v) is 3.67. The zero-order valence-electron chi connectivity index (χ0n) is 16.6. The normalized spacial score (nSPS) is 19.9. The van der Waals surface area contributed by atoms with Gasteiger partial charge in [0, 0.05) is 17.7 Å². The molecular formula is C22H21FN4O4. The van der Waals surface area contributed by atoms with Gasteiger partial charge in [0.2, 0.25) is 5.91 Å². The van der Waals surface area contributed by atoms with Crippen molar-refractivity contribution in [2.45, 2.75) is 25.0 Å². The van der Waals surface area contributed by atoms with Gasteiger partial charge in [0.25, 0.3) is 0 Å². The number of carbonyl (C=O) groups is 1. The van der Waals surface area contributed by atoms with Gasteiger partial charge in [0.05, 0.1) is 6.54 Å². The van der Waals surface area contributed by atoms with Crippen molar-refractivity contribution in [1.29, 1.82) is 0 Å². The molecule has 0 spiro atoms. The third-order valence-electron chi connectivity index (χ3n) is 5.32. The van der Waals surface area contributed by atoms with Crippen molar-refractivity contribution in [1.82, 2.24) is 21.3 Å². The molecule has 1 saturated heterocycles. The third-order valence-corrected chi connectivity index (χ3v) is 5.32. The second-order valence-electron chi connectivity index (χ2n) is 7.44. The number of hydrazine groups is 1. The predicted octanol–water partition coefficient (Wildman–Crippen LogP) is 2.48. The Labute approximate surface area is 177 Å². The Morgan fingerprint density at radius 2 is 1.87 bits per heavy atom. The number of rotatable bonds is 5. The molecular weight excluding hydrogens is 403 g/mol. The number of halogens is 1. The molecule has 31 heavy (non-hydrogen) atoms. The van der Waals surface area contributed by atoms with Crippen molar-refractivity contribution < 1.29 is 23.2 Å². The number of nitrogens with one attached hydrogen (secondary N) is 3. The number of fused-ring (bicyclic) bond motifs is 1. The highest BCUT2D eigenvalue weighted by Gasteiger charge is 2.30. The maximum atomic E-state index is 13.1. The second kappa shape index (κ2) is 8.37. The van der Waals surface area contributed by atoms with E-state index >= 15 is 0 Å². The van der Waals surface area contributed by atoms with E-state index in [1.165, 1.54) is 12.1 Å². The van der Waals surface area contributed by atoms with Gasteiger partial charge in [-0.3, -0.25) is 4.79 Å². The van der Waals surface area contributed by atoms with Gasteiger partial charge in [-0.1, -0.05) is 17.3 Å². The van der Waals surface area contributed by atoms with E-state index in [0.717, 1.165) is 11.1 Å². The van der Waals surface area contributed by atoms with Crippen LogP contribution in [0.15, 0.2) is 53.1 Å². The van der Waals surface area contributed by atoms with Crippen LogP contribution in [-0.2, 0) is 11.3 Å². The first kappa shape index (κ1) is 19.5. The number of carbonyl (C=O) groups excluding carboxylic acids is 1. The van der Waals surface area contributed by atoms with Crippen molar-refractivity contribution in [3.05, 3.63) is 65.6 Å². The Bertz CT molecular complexity index is 1090. The van der Waals surface area contributed by atoms with Crippen LogP contribution in [0.4, 0.5) is 4.39 Å². The lowest BCUT2D eigenvalue weighted by molar-refractivity contribution is -0.123. The molecule has 2 aromatic carbocycles. The minimum atomic E-state index is -0.404. The average molecular weight is 424 g/mol. The number of hydrogen-bond acceptors (Lipinski definition) is 7. The minimum absolute atomic E-state index is 0.0646. The fraction of sp³-hybridized carbons (Fsp3) is 0.273. The van der Waals surface area contributed by atoms with Gasteiger partial charge in [0.1, 0.15) is 30.8 Å². The lowest BCUT2D eigenvalue weighted by Gasteiger charge is -2.18. The van der Waals surface area contributed by atoms with Crippen molar-refractivity contribution in [2.75, 3.05) is 13.2 Å². The van der Waals surface area contributed by atoms with E-state index in [4.69, 9.17) is 14.0 Å². The summed E-state index contributed by atoms with van der Waals surface area (Å²) in [5.74, 6) is 1.52. The quantitative estimate of drug-likeness (QED) is 0.579. The molecule has 2 unspecified atom stereocenters. The maximum absolute atomic E-state index is 13.1. The van der Waals surface area contributed by atoms with Gasteiger partial charge < -0.3 is 19.3 Å². The minimum Gasteiger partial charge on any atom is -0.486 e. The van der Waals surface area contributed by atoms with E-state index in [9.17, 15) is 9.18 Å². The van der Waals surface area contributed by atoms with Crippen LogP contribution in [0.2, 0.25) is 0 Å². The molecule has 0 bridgehead atoms. The summed E-state index contributed by atoms with van der Waals surface area (Å²) < 4.78 is 29.7. The van der Waals surface area contributed by atoms with Gasteiger partial charge in [-0.05, 0) is 42.3 Å². The number of aromatic nitrogens is 1. The summed E-state index contributed by atoms with van der Waals surface area (Å²) in [6.07, 6.45) is 0.554. The van der Waals surface area contributed by atoms with Gasteiger partial charge in [-0.2, -0.15) is 0 Å². The monoisotopic (exact) mass is 424 g/mol. The molecule has 0 aliphatic carbocycles. The standard InChI is InChI=1S/C22H21FN4O4/c23-15-4-1-13(2-5-15)17-11-18(26-25-17)22(28)24-12-16-10-20(31-27-16)14-3-6-19-21(9-14)30-8-7-29-19/h1-6,9-10,17-18,25-26H,7-8,11-12H2,(H,24,28). The van der Waals surface area contributed by atoms with Gasteiger partial charge in [0.15, 0.2) is 17.3 Å². The Kier molecular flexibility index (Phi) is 5.27. The summed E-state index contributed by atoms with van der Waals surface area (Å²) in [4.78, 5) is 12.5. The van der Waals surface area contributed by atoms with Gasteiger partial charge >= 0.3 is 0 Å². The molecule has 2 atom stereocenters. The summed E-state index contributed by atoms with van der Waals surface area (Å²) in [5, 5.41) is 6.91. The topological polar surface area (TPSA) is 97.7 Å². The highest BCUT2D eigenvalue weighted by molar-refractivity contribution is 5.82. The van der Waals surface area contributed by atoms with E-state index in [-0.39, 0.29) is 24.3 Å². The zero-order valence-corrected chi connectivity index (χ0v) is 16.6. The average Bonchev–Trinajstić information content (AvgIpc) is 3.48. The van der Waals surface area contributed by atoms with Crippen LogP contribution in [0, 0.1) is 5.82 Å². The molecule has 2 aliphatic heterocycles. The van der Waals surface area contributed by atoms with Crippen LogP contribution in [0.1, 0.15) is 23.7 Å². The van der Waals surface area contributed by atoms with E-state index in [1.54, 1.807) is 18.2 Å². The van der Waals surface area contributed by atoms with Gasteiger partial charge in [-0.15, -0.1) is 0 Å². The molecule has 0 radical (unpaired) electrons. The first-order chi connectivity index (χ1) is 15.2. The Hall–Kier alpha value is -3.43. The van der Waals surface area contributed by atoms with Crippen molar-refractivity contribution in [3.63, 3.8) is 0 Å². The molecule has 3 aromatic rings. The number of nitrogens with zero attached hydrogens (tertiary/aromatic N) is 1. The van der Waals surface area contributed by atoms with Crippen LogP contribution in [0.3, 0.4) is 0 Å². The van der Waals surface area contributed by atoms with Crippen molar-refractivity contribution in [2.24, 2.45) is 0 Å². The first-order valence-electron chi connectivity index (χ1n) is 10.1. The Balaban J connectivity index is 1.17. The third kappa shape index (κ3) is 4.23. The number of amides is 1. The van der Waals surface area contributed by atoms with E-state index in [1.807, 2.05) is 18.2 Å². The highest BCUT2D eigenvalue weighted by Crippen LogP contribution is 2.34.